The molecule has 0 radical (unpaired) electrons. The molecule has 16 heavy (non-hydrogen) atoms. The number of hydrogen-bond donors (Lipinski definition) is 1. The molecule has 0 fully saturated rings. The fraction of sp³-hybridized carbons (Fsp3) is 0.222. The summed E-state index contributed by atoms with van der Waals surface area (Å²) < 4.78 is 2.47. The largest absolute Gasteiger partial charge is 0.384 e. The SMILES string of the molecule is Cc1cc(Sc2nc(N)cc(Br)n2)n(C)n1. The minimum Gasteiger partial charge on any atom is -0.384 e. The van der Waals surface area contributed by atoms with E-state index in [1.165, 1.54) is 11.8 Å². The molecular formula is C9H10BrN5S. The predicted octanol–water partition coefficient (Wildman–Crippen LogP) is 2.01. The molecule has 0 aromatic carbocycles. The normalized spacial score (nSPS) is 10.7. The summed E-state index contributed by atoms with van der Waals surface area (Å²) in [6.07, 6.45) is 0. The van der Waals surface area contributed by atoms with Crippen molar-refractivity contribution in [1.29, 1.82) is 0 Å². The van der Waals surface area contributed by atoms with Crippen molar-refractivity contribution >= 4 is 33.5 Å². The molecule has 0 aliphatic heterocycles. The van der Waals surface area contributed by atoms with Crippen molar-refractivity contribution in [2.24, 2.45) is 7.05 Å². The number of hydrogen-bond acceptors (Lipinski definition) is 5. The number of nitrogen functional groups attached to an aromatic ring is 1. The lowest BCUT2D eigenvalue weighted by atomic mass is 10.5. The smallest absolute Gasteiger partial charge is 0.196 e. The van der Waals surface area contributed by atoms with Crippen LogP contribution in [0.2, 0.25) is 0 Å². The molecule has 2 aromatic rings. The van der Waals surface area contributed by atoms with Gasteiger partial charge < -0.3 is 5.73 Å². The average molecular weight is 300 g/mol. The standard InChI is InChI=1S/C9H10BrN5S/c1-5-3-8(15(2)14-5)16-9-12-6(10)4-7(11)13-9/h3-4H,1-2H3,(H2,11,12,13). The number of aromatic nitrogens is 4. The molecule has 0 atom stereocenters. The highest BCUT2D eigenvalue weighted by atomic mass is 79.9. The van der Waals surface area contributed by atoms with Gasteiger partial charge in [0.1, 0.15) is 15.4 Å². The Balaban J connectivity index is 2.30. The van der Waals surface area contributed by atoms with Gasteiger partial charge in [0, 0.05) is 13.1 Å². The Bertz CT molecular complexity index is 504. The number of anilines is 1. The molecule has 84 valence electrons. The van der Waals surface area contributed by atoms with E-state index in [-0.39, 0.29) is 0 Å². The van der Waals surface area contributed by atoms with Crippen molar-refractivity contribution in [3.8, 4) is 0 Å². The zero-order valence-corrected chi connectivity index (χ0v) is 11.2. The Morgan fingerprint density at radius 3 is 2.69 bits per heavy atom. The van der Waals surface area contributed by atoms with Crippen LogP contribution in [0, 0.1) is 6.92 Å². The third-order valence-corrected chi connectivity index (χ3v) is 3.21. The minimum absolute atomic E-state index is 0.447. The van der Waals surface area contributed by atoms with Crippen LogP contribution in [-0.2, 0) is 7.05 Å². The van der Waals surface area contributed by atoms with Crippen LogP contribution in [0.1, 0.15) is 5.69 Å². The lowest BCUT2D eigenvalue weighted by molar-refractivity contribution is 0.691. The van der Waals surface area contributed by atoms with Gasteiger partial charge in [-0.15, -0.1) is 0 Å². The van der Waals surface area contributed by atoms with Crippen molar-refractivity contribution in [2.45, 2.75) is 17.1 Å². The van der Waals surface area contributed by atoms with Crippen LogP contribution in [0.15, 0.2) is 26.9 Å². The van der Waals surface area contributed by atoms with Crippen molar-refractivity contribution in [3.05, 3.63) is 22.4 Å². The topological polar surface area (TPSA) is 69.6 Å². The fourth-order valence-corrected chi connectivity index (χ4v) is 2.64. The molecule has 0 aliphatic carbocycles. The van der Waals surface area contributed by atoms with E-state index >= 15 is 0 Å². The summed E-state index contributed by atoms with van der Waals surface area (Å²) in [5.41, 5.74) is 6.61. The van der Waals surface area contributed by atoms with Gasteiger partial charge in [-0.3, -0.25) is 4.68 Å². The first-order valence-corrected chi connectivity index (χ1v) is 6.14. The first kappa shape index (κ1) is 11.4. The summed E-state index contributed by atoms with van der Waals surface area (Å²) in [5.74, 6) is 0.447. The molecule has 0 unspecified atom stereocenters. The first-order valence-electron chi connectivity index (χ1n) is 4.53. The summed E-state index contributed by atoms with van der Waals surface area (Å²) in [5, 5.41) is 5.84. The summed E-state index contributed by atoms with van der Waals surface area (Å²) in [6, 6.07) is 3.64. The van der Waals surface area contributed by atoms with Crippen LogP contribution in [-0.4, -0.2) is 19.7 Å². The second kappa shape index (κ2) is 4.42. The van der Waals surface area contributed by atoms with Gasteiger partial charge in [0.2, 0.25) is 0 Å². The average Bonchev–Trinajstić information content (AvgIpc) is 2.43. The zero-order valence-electron chi connectivity index (χ0n) is 8.81. The van der Waals surface area contributed by atoms with Crippen molar-refractivity contribution in [1.82, 2.24) is 19.7 Å². The monoisotopic (exact) mass is 299 g/mol. The van der Waals surface area contributed by atoms with E-state index in [2.05, 4.69) is 31.0 Å². The second-order valence-corrected chi connectivity index (χ2v) is 5.05. The van der Waals surface area contributed by atoms with Gasteiger partial charge in [0.05, 0.1) is 5.69 Å². The van der Waals surface area contributed by atoms with E-state index < -0.39 is 0 Å². The number of rotatable bonds is 2. The third kappa shape index (κ3) is 2.53. The zero-order chi connectivity index (χ0) is 11.7. The van der Waals surface area contributed by atoms with E-state index in [1.807, 2.05) is 20.0 Å². The summed E-state index contributed by atoms with van der Waals surface area (Å²) >= 11 is 4.71. The Kier molecular flexibility index (Phi) is 3.15. The molecule has 0 aliphatic rings. The second-order valence-electron chi connectivity index (χ2n) is 3.25. The molecule has 2 N–H and O–H groups in total. The van der Waals surface area contributed by atoms with E-state index in [0.29, 0.717) is 15.6 Å². The van der Waals surface area contributed by atoms with Crippen LogP contribution in [0.5, 0.6) is 0 Å². The molecule has 0 saturated carbocycles. The number of halogens is 1. The molecule has 2 aromatic heterocycles. The minimum atomic E-state index is 0.447. The molecule has 7 heteroatoms. The Labute approximate surface area is 106 Å². The molecule has 0 saturated heterocycles. The fourth-order valence-electron chi connectivity index (χ4n) is 1.23. The Morgan fingerprint density at radius 1 is 1.38 bits per heavy atom. The highest BCUT2D eigenvalue weighted by Gasteiger charge is 2.07. The van der Waals surface area contributed by atoms with Gasteiger partial charge >= 0.3 is 0 Å². The number of aryl methyl sites for hydroxylation is 2. The first-order chi connectivity index (χ1) is 7.54. The van der Waals surface area contributed by atoms with E-state index in [1.54, 1.807) is 10.7 Å². The number of nitrogens with two attached hydrogens (primary N) is 1. The summed E-state index contributed by atoms with van der Waals surface area (Å²) in [6.45, 7) is 1.94. The maximum Gasteiger partial charge on any atom is 0.196 e. The van der Waals surface area contributed by atoms with Gasteiger partial charge in [-0.25, -0.2) is 9.97 Å². The van der Waals surface area contributed by atoms with Gasteiger partial charge in [-0.1, -0.05) is 0 Å². The van der Waals surface area contributed by atoms with Crippen LogP contribution in [0.25, 0.3) is 0 Å². The molecule has 0 bridgehead atoms. The molecular weight excluding hydrogens is 290 g/mol. The van der Waals surface area contributed by atoms with Crippen LogP contribution < -0.4 is 5.73 Å². The van der Waals surface area contributed by atoms with Crippen molar-refractivity contribution < 1.29 is 0 Å². The molecule has 5 nitrogen and oxygen atoms in total. The molecule has 2 heterocycles. The molecule has 0 amide bonds. The lowest BCUT2D eigenvalue weighted by Crippen LogP contribution is -1.97. The van der Waals surface area contributed by atoms with Crippen molar-refractivity contribution in [3.63, 3.8) is 0 Å². The van der Waals surface area contributed by atoms with Crippen LogP contribution in [0.3, 0.4) is 0 Å². The van der Waals surface area contributed by atoms with Gasteiger partial charge in [0.25, 0.3) is 0 Å². The van der Waals surface area contributed by atoms with Crippen LogP contribution in [0.4, 0.5) is 5.82 Å². The molecule has 2 rings (SSSR count). The molecule has 0 spiro atoms. The van der Waals surface area contributed by atoms with Crippen LogP contribution >= 0.6 is 27.7 Å². The van der Waals surface area contributed by atoms with E-state index in [4.69, 9.17) is 5.73 Å². The van der Waals surface area contributed by atoms with Gasteiger partial charge in [-0.2, -0.15) is 5.10 Å². The van der Waals surface area contributed by atoms with Gasteiger partial charge in [0.15, 0.2) is 5.16 Å². The lowest BCUT2D eigenvalue weighted by Gasteiger charge is -2.01. The maximum atomic E-state index is 5.64. The maximum absolute atomic E-state index is 5.64. The van der Waals surface area contributed by atoms with Gasteiger partial charge in [-0.05, 0) is 40.7 Å². The van der Waals surface area contributed by atoms with E-state index in [0.717, 1.165) is 10.7 Å². The highest BCUT2D eigenvalue weighted by molar-refractivity contribution is 9.10. The summed E-state index contributed by atoms with van der Waals surface area (Å²) in [7, 11) is 1.89. The quantitative estimate of drug-likeness (QED) is 0.678. The summed E-state index contributed by atoms with van der Waals surface area (Å²) in [4.78, 5) is 8.37. The predicted molar refractivity (Wildman–Crippen MR) is 66.2 cm³/mol. The van der Waals surface area contributed by atoms with Crippen molar-refractivity contribution in [2.75, 3.05) is 5.73 Å². The Morgan fingerprint density at radius 2 is 2.12 bits per heavy atom. The Hall–Kier alpha value is -1.08. The highest BCUT2D eigenvalue weighted by Crippen LogP contribution is 2.26. The van der Waals surface area contributed by atoms with E-state index in [9.17, 15) is 0 Å². The third-order valence-electron chi connectivity index (χ3n) is 1.85. The number of nitrogens with zero attached hydrogens (tertiary/aromatic N) is 4.